The largest absolute Gasteiger partial charge is 0.241 e. The summed E-state index contributed by atoms with van der Waals surface area (Å²) in [5.74, 6) is 0. The second kappa shape index (κ2) is 8.93. The van der Waals surface area contributed by atoms with Crippen molar-refractivity contribution in [2.75, 3.05) is 0 Å². The number of fused-ring (bicyclic) bond motifs is 11. The third kappa shape index (κ3) is 3.14. The van der Waals surface area contributed by atoms with Crippen molar-refractivity contribution in [2.24, 2.45) is 0 Å². The monoisotopic (exact) mass is 530 g/mol. The van der Waals surface area contributed by atoms with Gasteiger partial charge in [0.2, 0.25) is 6.71 Å². The van der Waals surface area contributed by atoms with Gasteiger partial charge in [0, 0.05) is 0 Å². The lowest BCUT2D eigenvalue weighted by Gasteiger charge is -2.31. The Bertz CT molecular complexity index is 2090. The molecular weight excluding hydrogens is 503 g/mol. The maximum absolute atomic E-state index is 2.53. The van der Waals surface area contributed by atoms with Crippen LogP contribution in [0.25, 0.3) is 33.0 Å². The van der Waals surface area contributed by atoms with Crippen LogP contribution in [0, 0.1) is 0 Å². The first-order valence-corrected chi connectivity index (χ1v) is 14.8. The van der Waals surface area contributed by atoms with Crippen molar-refractivity contribution >= 4 is 33.9 Å². The Morgan fingerprint density at radius 1 is 0.310 bits per heavy atom. The van der Waals surface area contributed by atoms with Crippen molar-refractivity contribution in [3.8, 4) is 22.3 Å². The molecule has 0 saturated heterocycles. The van der Waals surface area contributed by atoms with Crippen LogP contribution in [0.15, 0.2) is 164 Å². The van der Waals surface area contributed by atoms with Crippen LogP contribution in [-0.2, 0) is 5.41 Å². The van der Waals surface area contributed by atoms with Crippen LogP contribution in [0.3, 0.4) is 0 Å². The first-order valence-electron chi connectivity index (χ1n) is 14.8. The van der Waals surface area contributed by atoms with E-state index in [0.717, 1.165) is 0 Å². The lowest BCUT2D eigenvalue weighted by Crippen LogP contribution is -2.52. The third-order valence-electron chi connectivity index (χ3n) is 9.59. The van der Waals surface area contributed by atoms with Crippen molar-refractivity contribution < 1.29 is 0 Å². The first-order chi connectivity index (χ1) is 20.8. The third-order valence-corrected chi connectivity index (χ3v) is 9.59. The van der Waals surface area contributed by atoms with E-state index in [9.17, 15) is 0 Å². The second-order valence-electron chi connectivity index (χ2n) is 11.6. The SMILES string of the molecule is c1ccc(B(c2ccc3c(c2)C2(c4ccccc4-c4ccccc42)c2ccccc2-3)c2ccc3ccccc3c2)cc1. The van der Waals surface area contributed by atoms with Crippen LogP contribution in [-0.4, -0.2) is 6.71 Å². The maximum atomic E-state index is 2.53. The molecule has 7 aromatic rings. The zero-order chi connectivity index (χ0) is 27.7. The quantitative estimate of drug-likeness (QED) is 0.205. The fourth-order valence-corrected chi connectivity index (χ4v) is 7.90. The van der Waals surface area contributed by atoms with E-state index in [1.807, 2.05) is 0 Å². The predicted molar refractivity (Wildman–Crippen MR) is 178 cm³/mol. The molecule has 0 nitrogen and oxygen atoms in total. The number of hydrogen-bond acceptors (Lipinski definition) is 0. The molecule has 0 fully saturated rings. The highest BCUT2D eigenvalue weighted by Gasteiger charge is 2.51. The van der Waals surface area contributed by atoms with Gasteiger partial charge in [0.15, 0.2) is 0 Å². The van der Waals surface area contributed by atoms with Gasteiger partial charge in [0.05, 0.1) is 5.41 Å². The maximum Gasteiger partial charge on any atom is 0.241 e. The summed E-state index contributed by atoms with van der Waals surface area (Å²) in [6.45, 7) is 0.119. The Morgan fingerprint density at radius 2 is 0.786 bits per heavy atom. The van der Waals surface area contributed by atoms with Crippen LogP contribution < -0.4 is 16.4 Å². The molecular formula is C41H27B. The van der Waals surface area contributed by atoms with Crippen molar-refractivity contribution in [1.82, 2.24) is 0 Å². The standard InChI is InChI=1S/C41H27B/c1-2-14-30(15-3-1)42(31-23-22-28-12-4-5-13-29(28)26-31)32-24-25-36-35-18-8-11-21-39(35)41(40(36)27-32)37-19-9-6-16-33(37)34-17-7-10-20-38(34)41/h1-27H. The lowest BCUT2D eigenvalue weighted by atomic mass is 9.36. The summed E-state index contributed by atoms with van der Waals surface area (Å²) >= 11 is 0. The van der Waals surface area contributed by atoms with Gasteiger partial charge in [-0.05, 0) is 55.3 Å². The van der Waals surface area contributed by atoms with Gasteiger partial charge in [0.1, 0.15) is 0 Å². The lowest BCUT2D eigenvalue weighted by molar-refractivity contribution is 0.794. The molecule has 0 atom stereocenters. The Kier molecular flexibility index (Phi) is 5.01. The summed E-state index contributed by atoms with van der Waals surface area (Å²) in [6.07, 6.45) is 0. The summed E-state index contributed by atoms with van der Waals surface area (Å²) in [5.41, 5.74) is 14.5. The van der Waals surface area contributed by atoms with Gasteiger partial charge in [0.25, 0.3) is 0 Å². The van der Waals surface area contributed by atoms with E-state index in [1.54, 1.807) is 0 Å². The molecule has 1 heteroatoms. The van der Waals surface area contributed by atoms with E-state index in [2.05, 4.69) is 164 Å². The molecule has 0 amide bonds. The molecule has 42 heavy (non-hydrogen) atoms. The Labute approximate surface area is 247 Å². The molecule has 0 saturated carbocycles. The van der Waals surface area contributed by atoms with Gasteiger partial charge in [-0.25, -0.2) is 0 Å². The Balaban J connectivity index is 1.34. The van der Waals surface area contributed by atoms with Gasteiger partial charge in [-0.2, -0.15) is 0 Å². The molecule has 0 N–H and O–H groups in total. The first kappa shape index (κ1) is 23.6. The summed E-state index contributed by atoms with van der Waals surface area (Å²) in [4.78, 5) is 0. The molecule has 0 bridgehead atoms. The van der Waals surface area contributed by atoms with Crippen molar-refractivity contribution in [2.45, 2.75) is 5.41 Å². The second-order valence-corrected chi connectivity index (χ2v) is 11.6. The van der Waals surface area contributed by atoms with E-state index in [1.165, 1.54) is 71.7 Å². The van der Waals surface area contributed by atoms with Gasteiger partial charge in [-0.1, -0.05) is 180 Å². The average Bonchev–Trinajstić information content (AvgIpc) is 3.53. The van der Waals surface area contributed by atoms with Crippen LogP contribution in [0.1, 0.15) is 22.3 Å². The van der Waals surface area contributed by atoms with Crippen LogP contribution >= 0.6 is 0 Å². The zero-order valence-corrected chi connectivity index (χ0v) is 23.2. The highest BCUT2D eigenvalue weighted by Crippen LogP contribution is 2.62. The molecule has 2 aliphatic rings. The minimum absolute atomic E-state index is 0.119. The van der Waals surface area contributed by atoms with E-state index < -0.39 is 0 Å². The Hall–Kier alpha value is -5.14. The molecule has 1 spiro atoms. The van der Waals surface area contributed by atoms with E-state index in [-0.39, 0.29) is 12.1 Å². The molecule has 2 aliphatic carbocycles. The van der Waals surface area contributed by atoms with Crippen LogP contribution in [0.5, 0.6) is 0 Å². The number of rotatable bonds is 3. The van der Waals surface area contributed by atoms with Crippen molar-refractivity contribution in [3.63, 3.8) is 0 Å². The molecule has 0 aromatic heterocycles. The molecule has 0 unspecified atom stereocenters. The summed E-state index contributed by atoms with van der Waals surface area (Å²) in [7, 11) is 0. The van der Waals surface area contributed by atoms with Gasteiger partial charge in [-0.15, -0.1) is 0 Å². The minimum atomic E-state index is -0.334. The van der Waals surface area contributed by atoms with Gasteiger partial charge in [-0.3, -0.25) is 0 Å². The molecule has 194 valence electrons. The smallest absolute Gasteiger partial charge is 0.0687 e. The summed E-state index contributed by atoms with van der Waals surface area (Å²) < 4.78 is 0. The molecule has 0 aliphatic heterocycles. The van der Waals surface area contributed by atoms with E-state index in [0.29, 0.717) is 0 Å². The topological polar surface area (TPSA) is 0 Å². The molecule has 7 aromatic carbocycles. The Morgan fingerprint density at radius 3 is 1.43 bits per heavy atom. The number of benzene rings is 7. The normalized spacial score (nSPS) is 13.4. The molecule has 0 heterocycles. The van der Waals surface area contributed by atoms with Crippen LogP contribution in [0.2, 0.25) is 0 Å². The van der Waals surface area contributed by atoms with Crippen LogP contribution in [0.4, 0.5) is 0 Å². The predicted octanol–water partition coefficient (Wildman–Crippen LogP) is 7.70. The van der Waals surface area contributed by atoms with Gasteiger partial charge < -0.3 is 0 Å². The minimum Gasteiger partial charge on any atom is -0.0687 e. The van der Waals surface area contributed by atoms with E-state index in [4.69, 9.17) is 0 Å². The van der Waals surface area contributed by atoms with E-state index >= 15 is 0 Å². The van der Waals surface area contributed by atoms with Crippen molar-refractivity contribution in [1.29, 1.82) is 0 Å². The highest BCUT2D eigenvalue weighted by atomic mass is 14.5. The fraction of sp³-hybridized carbons (Fsp3) is 0.0244. The van der Waals surface area contributed by atoms with Crippen molar-refractivity contribution in [3.05, 3.63) is 186 Å². The molecule has 9 rings (SSSR count). The summed E-state index contributed by atoms with van der Waals surface area (Å²) in [5, 5.41) is 2.55. The average molecular weight is 530 g/mol. The highest BCUT2D eigenvalue weighted by molar-refractivity contribution is 6.95. The fourth-order valence-electron chi connectivity index (χ4n) is 7.90. The number of hydrogen-bond donors (Lipinski definition) is 0. The zero-order valence-electron chi connectivity index (χ0n) is 23.2. The molecule has 0 radical (unpaired) electrons. The summed E-state index contributed by atoms with van der Waals surface area (Å²) in [6, 6.07) is 61.1. The van der Waals surface area contributed by atoms with Gasteiger partial charge >= 0.3 is 0 Å².